The molecule has 2 amide bonds. The zero-order chi connectivity index (χ0) is 20.4. The lowest BCUT2D eigenvalue weighted by Crippen LogP contribution is -2.46. The number of nitrogens with zero attached hydrogens (tertiary/aromatic N) is 3. The van der Waals surface area contributed by atoms with Crippen molar-refractivity contribution in [1.82, 2.24) is 20.5 Å². The smallest absolute Gasteiger partial charge is 0.227 e. The van der Waals surface area contributed by atoms with Crippen molar-refractivity contribution in [3.8, 4) is 0 Å². The van der Waals surface area contributed by atoms with E-state index in [-0.39, 0.29) is 35.8 Å². The Kier molecular flexibility index (Phi) is 11.6. The van der Waals surface area contributed by atoms with Crippen LogP contribution in [0.4, 0.5) is 5.82 Å². The highest BCUT2D eigenvalue weighted by Gasteiger charge is 2.23. The number of nitrogens with one attached hydrogen (secondary N) is 3. The van der Waals surface area contributed by atoms with Crippen molar-refractivity contribution < 1.29 is 9.59 Å². The molecule has 0 spiro atoms. The van der Waals surface area contributed by atoms with Gasteiger partial charge in [0.15, 0.2) is 5.96 Å². The fourth-order valence-electron chi connectivity index (χ4n) is 3.15. The molecule has 1 aliphatic heterocycles. The Hall–Kier alpha value is -1.91. The van der Waals surface area contributed by atoms with Crippen LogP contribution in [0.25, 0.3) is 0 Å². The molecule has 0 atom stereocenters. The van der Waals surface area contributed by atoms with Crippen LogP contribution in [0.2, 0.25) is 0 Å². The number of hydrogen-bond donors (Lipinski definition) is 3. The quantitative estimate of drug-likeness (QED) is 0.293. The minimum atomic E-state index is -0.0970. The van der Waals surface area contributed by atoms with E-state index in [2.05, 4.69) is 30.8 Å². The van der Waals surface area contributed by atoms with Crippen LogP contribution in [0, 0.1) is 12.8 Å². The lowest BCUT2D eigenvalue weighted by Gasteiger charge is -2.34. The molecule has 0 aromatic carbocycles. The van der Waals surface area contributed by atoms with Gasteiger partial charge in [-0.25, -0.2) is 4.98 Å². The van der Waals surface area contributed by atoms with Crippen LogP contribution in [-0.4, -0.2) is 60.9 Å². The Morgan fingerprint density at radius 3 is 2.55 bits per heavy atom. The number of guanidine groups is 1. The number of likely N-dealkylation sites (tertiary alicyclic amines) is 1. The molecule has 8 nitrogen and oxygen atoms in total. The predicted octanol–water partition coefficient (Wildman–Crippen LogP) is 2.15. The summed E-state index contributed by atoms with van der Waals surface area (Å²) in [5.74, 6) is 1.83. The molecular formula is C20H33IN6O2. The van der Waals surface area contributed by atoms with Gasteiger partial charge in [0.05, 0.1) is 6.54 Å². The van der Waals surface area contributed by atoms with Crippen LogP contribution < -0.4 is 16.0 Å². The lowest BCUT2D eigenvalue weighted by molar-refractivity contribution is -0.121. The van der Waals surface area contributed by atoms with Crippen LogP contribution >= 0.6 is 24.0 Å². The molecule has 2 heterocycles. The third kappa shape index (κ3) is 8.97. The van der Waals surface area contributed by atoms with Crippen molar-refractivity contribution in [3.05, 3.63) is 23.9 Å². The third-order valence-corrected chi connectivity index (χ3v) is 4.78. The highest BCUT2D eigenvalue weighted by Crippen LogP contribution is 2.20. The summed E-state index contributed by atoms with van der Waals surface area (Å²) < 4.78 is 0. The van der Waals surface area contributed by atoms with Gasteiger partial charge in [0, 0.05) is 45.7 Å². The maximum Gasteiger partial charge on any atom is 0.227 e. The first kappa shape index (κ1) is 25.1. The van der Waals surface area contributed by atoms with Gasteiger partial charge in [0.2, 0.25) is 11.8 Å². The number of hydrogen-bond acceptors (Lipinski definition) is 4. The number of aliphatic imine (C=N–C) groups is 1. The van der Waals surface area contributed by atoms with E-state index in [1.165, 1.54) is 0 Å². The van der Waals surface area contributed by atoms with Gasteiger partial charge in [-0.05, 0) is 44.2 Å². The first-order chi connectivity index (χ1) is 13.5. The molecule has 2 rings (SSSR count). The second-order valence-corrected chi connectivity index (χ2v) is 7.06. The summed E-state index contributed by atoms with van der Waals surface area (Å²) in [6.07, 6.45) is 4.56. The summed E-state index contributed by atoms with van der Waals surface area (Å²) in [7, 11) is 1.68. The second kappa shape index (κ2) is 13.3. The van der Waals surface area contributed by atoms with Gasteiger partial charge in [-0.3, -0.25) is 14.6 Å². The molecule has 1 fully saturated rings. The summed E-state index contributed by atoms with van der Waals surface area (Å²) in [6.45, 7) is 6.91. The van der Waals surface area contributed by atoms with E-state index in [0.717, 1.165) is 44.0 Å². The highest BCUT2D eigenvalue weighted by molar-refractivity contribution is 14.0. The molecule has 1 aliphatic rings. The SMILES string of the molecule is CCNC(=NCCC(=O)Nc1ccc(C)cn1)N1CCC(CC(=O)NC)CC1.I. The minimum Gasteiger partial charge on any atom is -0.359 e. The molecule has 0 aliphatic carbocycles. The zero-order valence-electron chi connectivity index (χ0n) is 17.5. The fraction of sp³-hybridized carbons (Fsp3) is 0.600. The van der Waals surface area contributed by atoms with Crippen molar-refractivity contribution in [1.29, 1.82) is 0 Å². The fourth-order valence-corrected chi connectivity index (χ4v) is 3.15. The number of amides is 2. The van der Waals surface area contributed by atoms with E-state index in [1.807, 2.05) is 19.9 Å². The first-order valence-electron chi connectivity index (χ1n) is 9.98. The van der Waals surface area contributed by atoms with Gasteiger partial charge in [0.25, 0.3) is 0 Å². The molecule has 29 heavy (non-hydrogen) atoms. The third-order valence-electron chi connectivity index (χ3n) is 4.78. The van der Waals surface area contributed by atoms with Crippen molar-refractivity contribution in [2.45, 2.75) is 39.5 Å². The number of rotatable bonds is 7. The molecule has 0 saturated carbocycles. The van der Waals surface area contributed by atoms with Gasteiger partial charge in [-0.2, -0.15) is 0 Å². The van der Waals surface area contributed by atoms with Crippen molar-refractivity contribution >= 4 is 47.6 Å². The molecule has 1 aromatic rings. The van der Waals surface area contributed by atoms with Gasteiger partial charge >= 0.3 is 0 Å². The Morgan fingerprint density at radius 2 is 1.97 bits per heavy atom. The maximum atomic E-state index is 12.1. The van der Waals surface area contributed by atoms with Gasteiger partial charge < -0.3 is 20.9 Å². The molecule has 0 radical (unpaired) electrons. The zero-order valence-corrected chi connectivity index (χ0v) is 19.9. The Bertz CT molecular complexity index is 672. The van der Waals surface area contributed by atoms with E-state index in [4.69, 9.17) is 0 Å². The van der Waals surface area contributed by atoms with E-state index >= 15 is 0 Å². The summed E-state index contributed by atoms with van der Waals surface area (Å²) in [6, 6.07) is 3.71. The minimum absolute atomic E-state index is 0. The number of anilines is 1. The lowest BCUT2D eigenvalue weighted by atomic mass is 9.93. The number of pyridine rings is 1. The number of piperidine rings is 1. The summed E-state index contributed by atoms with van der Waals surface area (Å²) >= 11 is 0. The monoisotopic (exact) mass is 516 g/mol. The number of halogens is 1. The van der Waals surface area contributed by atoms with E-state index in [9.17, 15) is 9.59 Å². The van der Waals surface area contributed by atoms with Crippen LogP contribution in [0.15, 0.2) is 23.3 Å². The second-order valence-electron chi connectivity index (χ2n) is 7.06. The highest BCUT2D eigenvalue weighted by atomic mass is 127. The largest absolute Gasteiger partial charge is 0.359 e. The normalized spacial score (nSPS) is 14.7. The molecule has 1 saturated heterocycles. The molecule has 0 unspecified atom stereocenters. The maximum absolute atomic E-state index is 12.1. The number of aromatic nitrogens is 1. The van der Waals surface area contributed by atoms with E-state index < -0.39 is 0 Å². The molecule has 1 aromatic heterocycles. The Labute approximate surface area is 190 Å². The first-order valence-corrected chi connectivity index (χ1v) is 9.98. The van der Waals surface area contributed by atoms with Crippen LogP contribution in [0.1, 0.15) is 38.2 Å². The van der Waals surface area contributed by atoms with E-state index in [1.54, 1.807) is 19.3 Å². The summed E-state index contributed by atoms with van der Waals surface area (Å²) in [5, 5.41) is 8.79. The van der Waals surface area contributed by atoms with Crippen LogP contribution in [0.3, 0.4) is 0 Å². The van der Waals surface area contributed by atoms with Crippen molar-refractivity contribution in [2.24, 2.45) is 10.9 Å². The molecule has 0 bridgehead atoms. The van der Waals surface area contributed by atoms with E-state index in [0.29, 0.717) is 31.1 Å². The Balaban J connectivity index is 0.00000420. The number of carbonyl (C=O) groups is 2. The topological polar surface area (TPSA) is 98.7 Å². The average molecular weight is 516 g/mol. The molecular weight excluding hydrogens is 483 g/mol. The Morgan fingerprint density at radius 1 is 1.24 bits per heavy atom. The molecule has 162 valence electrons. The number of carbonyl (C=O) groups excluding carboxylic acids is 2. The summed E-state index contributed by atoms with van der Waals surface area (Å²) in [5.41, 5.74) is 1.05. The van der Waals surface area contributed by atoms with Gasteiger partial charge in [-0.1, -0.05) is 6.07 Å². The summed E-state index contributed by atoms with van der Waals surface area (Å²) in [4.78, 5) is 34.6. The van der Waals surface area contributed by atoms with Gasteiger partial charge in [0.1, 0.15) is 5.82 Å². The average Bonchev–Trinajstić information content (AvgIpc) is 2.69. The van der Waals surface area contributed by atoms with Crippen molar-refractivity contribution in [3.63, 3.8) is 0 Å². The number of aryl methyl sites for hydroxylation is 1. The van der Waals surface area contributed by atoms with Crippen LogP contribution in [-0.2, 0) is 9.59 Å². The predicted molar refractivity (Wildman–Crippen MR) is 127 cm³/mol. The molecule has 9 heteroatoms. The standard InChI is InChI=1S/C20H32N6O2.HI/c1-4-22-20(26-11-8-16(9-12-26)13-19(28)21-3)23-10-7-18(27)25-17-6-5-15(2)14-24-17;/h5-6,14,16H,4,7-13H2,1-3H3,(H,21,28)(H,22,23)(H,24,25,27);1H. The molecule has 3 N–H and O–H groups in total. The van der Waals surface area contributed by atoms with Gasteiger partial charge in [-0.15, -0.1) is 24.0 Å². The van der Waals surface area contributed by atoms with Crippen LogP contribution in [0.5, 0.6) is 0 Å². The van der Waals surface area contributed by atoms with Crippen molar-refractivity contribution in [2.75, 3.05) is 38.5 Å².